The average Bonchev–Trinajstić information content (AvgIpc) is 3.17. The van der Waals surface area contributed by atoms with Gasteiger partial charge in [0.1, 0.15) is 18.7 Å². The molecule has 3 rings (SSSR count). The number of nitrogens with one attached hydrogen (secondary N) is 3. The predicted molar refractivity (Wildman–Crippen MR) is 102 cm³/mol. The second kappa shape index (κ2) is 8.61. The number of carbonyl (C=O) groups is 2. The molecule has 1 atom stereocenters. The van der Waals surface area contributed by atoms with Crippen LogP contribution in [-0.4, -0.2) is 32.7 Å². The zero-order valence-electron chi connectivity index (χ0n) is 14.8. The lowest BCUT2D eigenvalue weighted by Gasteiger charge is -2.15. The van der Waals surface area contributed by atoms with E-state index in [0.717, 1.165) is 5.56 Å². The Bertz CT molecular complexity index is 878. The third-order valence-corrected chi connectivity index (χ3v) is 3.81. The zero-order chi connectivity index (χ0) is 19.1. The molecule has 0 saturated heterocycles. The molecule has 0 bridgehead atoms. The van der Waals surface area contributed by atoms with E-state index >= 15 is 0 Å². The first kappa shape index (κ1) is 18.1. The minimum Gasteiger partial charge on any atom is -0.326 e. The first-order chi connectivity index (χ1) is 13.1. The molecule has 8 heteroatoms. The van der Waals surface area contributed by atoms with Gasteiger partial charge in [-0.2, -0.15) is 5.10 Å². The lowest BCUT2D eigenvalue weighted by atomic mass is 10.2. The Morgan fingerprint density at radius 3 is 2.37 bits per heavy atom. The Hall–Kier alpha value is -3.68. The number of benzene rings is 2. The fourth-order valence-corrected chi connectivity index (χ4v) is 2.40. The number of aromatic nitrogens is 3. The summed E-state index contributed by atoms with van der Waals surface area (Å²) in [5, 5.41) is 12.1. The van der Waals surface area contributed by atoms with Crippen molar-refractivity contribution in [2.75, 3.05) is 10.6 Å². The molecule has 0 fully saturated rings. The maximum absolute atomic E-state index is 12.3. The number of anilines is 2. The molecule has 3 amide bonds. The molecule has 3 aromatic rings. The Balaban J connectivity index is 1.49. The zero-order valence-corrected chi connectivity index (χ0v) is 14.8. The summed E-state index contributed by atoms with van der Waals surface area (Å²) in [5.41, 5.74) is 2.34. The lowest BCUT2D eigenvalue weighted by molar-refractivity contribution is -0.117. The van der Waals surface area contributed by atoms with Gasteiger partial charge in [0.25, 0.3) is 0 Å². The summed E-state index contributed by atoms with van der Waals surface area (Å²) in [6, 6.07) is 15.3. The number of nitrogens with zero attached hydrogens (tertiary/aromatic N) is 3. The van der Waals surface area contributed by atoms with Crippen LogP contribution in [0.4, 0.5) is 16.2 Å². The Labute approximate surface area is 156 Å². The second-order valence-corrected chi connectivity index (χ2v) is 5.97. The van der Waals surface area contributed by atoms with E-state index in [1.54, 1.807) is 42.2 Å². The molecule has 3 N–H and O–H groups in total. The third-order valence-electron chi connectivity index (χ3n) is 3.81. The van der Waals surface area contributed by atoms with Crippen LogP contribution in [0.3, 0.4) is 0 Å². The van der Waals surface area contributed by atoms with Gasteiger partial charge in [-0.3, -0.25) is 4.79 Å². The Kier molecular flexibility index (Phi) is 5.78. The van der Waals surface area contributed by atoms with Gasteiger partial charge in [-0.1, -0.05) is 30.3 Å². The van der Waals surface area contributed by atoms with Crippen LogP contribution in [0.1, 0.15) is 12.5 Å². The van der Waals surface area contributed by atoms with Crippen molar-refractivity contribution in [3.63, 3.8) is 0 Å². The molecule has 8 nitrogen and oxygen atoms in total. The van der Waals surface area contributed by atoms with Gasteiger partial charge in [-0.05, 0) is 36.8 Å². The normalized spacial score (nSPS) is 11.4. The van der Waals surface area contributed by atoms with Crippen molar-refractivity contribution in [1.82, 2.24) is 20.1 Å². The van der Waals surface area contributed by atoms with Gasteiger partial charge < -0.3 is 16.0 Å². The smallest absolute Gasteiger partial charge is 0.319 e. The lowest BCUT2D eigenvalue weighted by Crippen LogP contribution is -2.43. The van der Waals surface area contributed by atoms with E-state index in [4.69, 9.17) is 0 Å². The SMILES string of the molecule is CC(NC(=O)Nc1ccccc1)C(=O)Nc1ccc(Cn2cncn2)cc1. The summed E-state index contributed by atoms with van der Waals surface area (Å²) in [6.07, 6.45) is 3.13. The highest BCUT2D eigenvalue weighted by Gasteiger charge is 2.15. The number of hydrogen-bond acceptors (Lipinski definition) is 4. The summed E-state index contributed by atoms with van der Waals surface area (Å²) in [6.45, 7) is 2.23. The van der Waals surface area contributed by atoms with Crippen LogP contribution in [0.2, 0.25) is 0 Å². The molecule has 2 aromatic carbocycles. The summed E-state index contributed by atoms with van der Waals surface area (Å²) >= 11 is 0. The summed E-state index contributed by atoms with van der Waals surface area (Å²) in [4.78, 5) is 28.1. The van der Waals surface area contributed by atoms with Crippen molar-refractivity contribution in [2.24, 2.45) is 0 Å². The standard InChI is InChI=1S/C19H20N6O2/c1-14(22-19(27)24-16-5-3-2-4-6-16)18(26)23-17-9-7-15(8-10-17)11-25-13-20-12-21-25/h2-10,12-14H,11H2,1H3,(H,23,26)(H2,22,24,27). The largest absolute Gasteiger partial charge is 0.326 e. The maximum atomic E-state index is 12.3. The van der Waals surface area contributed by atoms with Crippen molar-refractivity contribution < 1.29 is 9.59 Å². The summed E-state index contributed by atoms with van der Waals surface area (Å²) in [7, 11) is 0. The number of urea groups is 1. The van der Waals surface area contributed by atoms with Crippen LogP contribution in [0.25, 0.3) is 0 Å². The van der Waals surface area contributed by atoms with E-state index in [2.05, 4.69) is 26.0 Å². The van der Waals surface area contributed by atoms with Crippen molar-refractivity contribution in [2.45, 2.75) is 19.5 Å². The van der Waals surface area contributed by atoms with Gasteiger partial charge in [-0.25, -0.2) is 14.5 Å². The highest BCUT2D eigenvalue weighted by Crippen LogP contribution is 2.11. The molecule has 0 aliphatic carbocycles. The quantitative estimate of drug-likeness (QED) is 0.625. The molecule has 0 radical (unpaired) electrons. The molecule has 0 spiro atoms. The summed E-state index contributed by atoms with van der Waals surface area (Å²) < 4.78 is 1.71. The van der Waals surface area contributed by atoms with E-state index in [1.165, 1.54) is 6.33 Å². The van der Waals surface area contributed by atoms with Crippen molar-refractivity contribution >= 4 is 23.3 Å². The fourth-order valence-electron chi connectivity index (χ4n) is 2.40. The predicted octanol–water partition coefficient (Wildman–Crippen LogP) is 2.48. The number of amides is 3. The van der Waals surface area contributed by atoms with Crippen LogP contribution in [0.5, 0.6) is 0 Å². The molecule has 1 aromatic heterocycles. The average molecular weight is 364 g/mol. The Morgan fingerprint density at radius 2 is 1.70 bits per heavy atom. The van der Waals surface area contributed by atoms with Crippen molar-refractivity contribution in [3.8, 4) is 0 Å². The second-order valence-electron chi connectivity index (χ2n) is 5.97. The highest BCUT2D eigenvalue weighted by molar-refractivity contribution is 5.98. The van der Waals surface area contributed by atoms with E-state index < -0.39 is 12.1 Å². The first-order valence-corrected chi connectivity index (χ1v) is 8.45. The molecule has 27 heavy (non-hydrogen) atoms. The number of para-hydroxylation sites is 1. The maximum Gasteiger partial charge on any atom is 0.319 e. The van der Waals surface area contributed by atoms with Gasteiger partial charge in [0.05, 0.1) is 6.54 Å². The molecule has 1 heterocycles. The van der Waals surface area contributed by atoms with Gasteiger partial charge >= 0.3 is 6.03 Å². The van der Waals surface area contributed by atoms with Gasteiger partial charge in [0, 0.05) is 11.4 Å². The fraction of sp³-hybridized carbons (Fsp3) is 0.158. The molecule has 138 valence electrons. The van der Waals surface area contributed by atoms with Gasteiger partial charge in [-0.15, -0.1) is 0 Å². The Morgan fingerprint density at radius 1 is 1.00 bits per heavy atom. The van der Waals surface area contributed by atoms with Crippen LogP contribution in [-0.2, 0) is 11.3 Å². The minimum absolute atomic E-state index is 0.303. The number of hydrogen-bond donors (Lipinski definition) is 3. The summed E-state index contributed by atoms with van der Waals surface area (Å²) in [5.74, 6) is -0.303. The van der Waals surface area contributed by atoms with E-state index in [-0.39, 0.29) is 5.91 Å². The van der Waals surface area contributed by atoms with E-state index in [9.17, 15) is 9.59 Å². The van der Waals surface area contributed by atoms with Crippen LogP contribution >= 0.6 is 0 Å². The number of rotatable bonds is 6. The van der Waals surface area contributed by atoms with Crippen LogP contribution < -0.4 is 16.0 Å². The van der Waals surface area contributed by atoms with Gasteiger partial charge in [0.15, 0.2) is 0 Å². The van der Waals surface area contributed by atoms with Crippen molar-refractivity contribution in [1.29, 1.82) is 0 Å². The monoisotopic (exact) mass is 364 g/mol. The molecule has 0 saturated carbocycles. The van der Waals surface area contributed by atoms with Crippen molar-refractivity contribution in [3.05, 3.63) is 72.8 Å². The third kappa shape index (κ3) is 5.40. The molecule has 0 aliphatic rings. The van der Waals surface area contributed by atoms with Crippen LogP contribution in [0.15, 0.2) is 67.3 Å². The molecule has 1 unspecified atom stereocenters. The molecular weight excluding hydrogens is 344 g/mol. The minimum atomic E-state index is -0.691. The topological polar surface area (TPSA) is 101 Å². The number of carbonyl (C=O) groups excluding carboxylic acids is 2. The van der Waals surface area contributed by atoms with Gasteiger partial charge in [0.2, 0.25) is 5.91 Å². The first-order valence-electron chi connectivity index (χ1n) is 8.45. The molecular formula is C19H20N6O2. The van der Waals surface area contributed by atoms with E-state index in [0.29, 0.717) is 17.9 Å². The molecule has 0 aliphatic heterocycles. The van der Waals surface area contributed by atoms with Crippen LogP contribution in [0, 0.1) is 0 Å². The highest BCUT2D eigenvalue weighted by atomic mass is 16.2. The van der Waals surface area contributed by atoms with E-state index in [1.807, 2.05) is 30.3 Å².